The van der Waals surface area contributed by atoms with Crippen molar-refractivity contribution >= 4 is 7.82 Å². The summed E-state index contributed by atoms with van der Waals surface area (Å²) < 4.78 is 19.9. The molecule has 1 aliphatic heterocycles. The van der Waals surface area contributed by atoms with Gasteiger partial charge in [0.1, 0.15) is 36.6 Å². The highest BCUT2D eigenvalue weighted by Gasteiger charge is 2.58. The van der Waals surface area contributed by atoms with Gasteiger partial charge in [0.2, 0.25) is 0 Å². The average molecular weight is 242 g/mol. The highest BCUT2D eigenvalue weighted by molar-refractivity contribution is 7.47. The van der Waals surface area contributed by atoms with Gasteiger partial charge in [-0.05, 0) is 0 Å². The fraction of sp³-hybridized carbons (Fsp3) is 1.00. The predicted molar refractivity (Wildman–Crippen MR) is 43.6 cm³/mol. The SMILES string of the molecule is O=P1(O)O[C@@H]2[C@H](O)[C@@H](O)[C@H](O)[C@@H](O)[C@@H]2O1. The van der Waals surface area contributed by atoms with Crippen LogP contribution in [0.25, 0.3) is 0 Å². The summed E-state index contributed by atoms with van der Waals surface area (Å²) in [5, 5.41) is 37.4. The molecule has 1 heterocycles. The molecular formula is C6H11O8P. The van der Waals surface area contributed by atoms with Crippen LogP contribution in [0.3, 0.4) is 0 Å². The average Bonchev–Trinajstić information content (AvgIpc) is 2.48. The molecular weight excluding hydrogens is 231 g/mol. The van der Waals surface area contributed by atoms with E-state index < -0.39 is 44.4 Å². The van der Waals surface area contributed by atoms with E-state index >= 15 is 0 Å². The van der Waals surface area contributed by atoms with Crippen LogP contribution < -0.4 is 0 Å². The normalized spacial score (nSPS) is 60.3. The van der Waals surface area contributed by atoms with E-state index in [0.29, 0.717) is 0 Å². The summed E-state index contributed by atoms with van der Waals surface area (Å²) in [5.74, 6) is 0. The van der Waals surface area contributed by atoms with E-state index in [9.17, 15) is 25.0 Å². The van der Waals surface area contributed by atoms with Crippen LogP contribution in [0.4, 0.5) is 0 Å². The number of phosphoric ester groups is 1. The maximum absolute atomic E-state index is 11.0. The number of aliphatic hydroxyl groups is 4. The third-order valence-corrected chi connectivity index (χ3v) is 3.58. The molecule has 2 rings (SSSR count). The van der Waals surface area contributed by atoms with Gasteiger partial charge in [-0.15, -0.1) is 0 Å². The summed E-state index contributed by atoms with van der Waals surface area (Å²) in [6.45, 7) is 0. The van der Waals surface area contributed by atoms with E-state index in [1.54, 1.807) is 0 Å². The molecule has 1 saturated carbocycles. The molecule has 0 aromatic heterocycles. The number of phosphoric acid groups is 1. The van der Waals surface area contributed by atoms with Gasteiger partial charge in [-0.25, -0.2) is 4.57 Å². The molecule has 1 unspecified atom stereocenters. The first-order valence-electron chi connectivity index (χ1n) is 4.25. The van der Waals surface area contributed by atoms with Crippen molar-refractivity contribution in [1.82, 2.24) is 0 Å². The van der Waals surface area contributed by atoms with Crippen LogP contribution in [-0.4, -0.2) is 61.9 Å². The minimum Gasteiger partial charge on any atom is -0.387 e. The Kier molecular flexibility index (Phi) is 2.65. The van der Waals surface area contributed by atoms with E-state index in [-0.39, 0.29) is 0 Å². The van der Waals surface area contributed by atoms with E-state index in [0.717, 1.165) is 0 Å². The second-order valence-electron chi connectivity index (χ2n) is 3.57. The molecule has 0 aromatic carbocycles. The lowest BCUT2D eigenvalue weighted by Gasteiger charge is -2.38. The predicted octanol–water partition coefficient (Wildman–Crippen LogP) is -2.67. The Morgan fingerprint density at radius 2 is 1.13 bits per heavy atom. The van der Waals surface area contributed by atoms with Crippen LogP contribution in [-0.2, 0) is 13.6 Å². The molecule has 1 saturated heterocycles. The number of aliphatic hydroxyl groups excluding tert-OH is 4. The number of rotatable bonds is 0. The van der Waals surface area contributed by atoms with Crippen molar-refractivity contribution in [3.8, 4) is 0 Å². The van der Waals surface area contributed by atoms with Crippen molar-refractivity contribution in [2.45, 2.75) is 36.6 Å². The molecule has 2 fully saturated rings. The van der Waals surface area contributed by atoms with Gasteiger partial charge in [0.25, 0.3) is 0 Å². The van der Waals surface area contributed by atoms with Gasteiger partial charge < -0.3 is 25.3 Å². The third kappa shape index (κ3) is 1.73. The zero-order valence-corrected chi connectivity index (χ0v) is 8.27. The first-order chi connectivity index (χ1) is 6.83. The van der Waals surface area contributed by atoms with Crippen molar-refractivity contribution in [2.75, 3.05) is 0 Å². The van der Waals surface area contributed by atoms with Crippen LogP contribution in [0.15, 0.2) is 0 Å². The largest absolute Gasteiger partial charge is 0.473 e. The topological polar surface area (TPSA) is 137 Å². The molecule has 88 valence electrons. The molecule has 0 radical (unpaired) electrons. The maximum atomic E-state index is 11.0. The van der Waals surface area contributed by atoms with Gasteiger partial charge in [-0.2, -0.15) is 0 Å². The molecule has 0 amide bonds. The Morgan fingerprint density at radius 1 is 0.800 bits per heavy atom. The Labute approximate surface area is 84.3 Å². The summed E-state index contributed by atoms with van der Waals surface area (Å²) in [5.41, 5.74) is 0. The lowest BCUT2D eigenvalue weighted by atomic mass is 9.85. The second kappa shape index (κ2) is 3.47. The summed E-state index contributed by atoms with van der Waals surface area (Å²) >= 11 is 0. The van der Waals surface area contributed by atoms with Gasteiger partial charge in [0.15, 0.2) is 0 Å². The Balaban J connectivity index is 2.27. The lowest BCUT2D eigenvalue weighted by Crippen LogP contribution is -2.62. The summed E-state index contributed by atoms with van der Waals surface area (Å²) in [6, 6.07) is 0. The van der Waals surface area contributed by atoms with Crippen molar-refractivity contribution in [1.29, 1.82) is 0 Å². The van der Waals surface area contributed by atoms with E-state index in [1.807, 2.05) is 0 Å². The molecule has 2 aliphatic rings. The van der Waals surface area contributed by atoms with Crippen LogP contribution in [0.5, 0.6) is 0 Å². The van der Waals surface area contributed by atoms with Crippen molar-refractivity contribution < 1.29 is 38.9 Å². The first-order valence-corrected chi connectivity index (χ1v) is 5.75. The van der Waals surface area contributed by atoms with E-state index in [2.05, 4.69) is 9.05 Å². The number of hydrogen-bond acceptors (Lipinski definition) is 7. The zero-order valence-electron chi connectivity index (χ0n) is 7.37. The summed E-state index contributed by atoms with van der Waals surface area (Å²) in [7, 11) is -4.32. The zero-order chi connectivity index (χ0) is 11.4. The van der Waals surface area contributed by atoms with Crippen molar-refractivity contribution in [3.63, 3.8) is 0 Å². The smallest absolute Gasteiger partial charge is 0.387 e. The summed E-state index contributed by atoms with van der Waals surface area (Å²) in [4.78, 5) is 8.96. The number of hydrogen-bond donors (Lipinski definition) is 5. The van der Waals surface area contributed by atoms with Gasteiger partial charge in [-0.1, -0.05) is 0 Å². The Bertz CT molecular complexity index is 282. The molecule has 7 atom stereocenters. The molecule has 5 N–H and O–H groups in total. The van der Waals surface area contributed by atoms with Crippen LogP contribution >= 0.6 is 7.82 Å². The van der Waals surface area contributed by atoms with Crippen LogP contribution in [0, 0.1) is 0 Å². The van der Waals surface area contributed by atoms with Crippen molar-refractivity contribution in [3.05, 3.63) is 0 Å². The quantitative estimate of drug-likeness (QED) is 0.290. The number of fused-ring (bicyclic) bond motifs is 1. The third-order valence-electron chi connectivity index (χ3n) is 2.56. The van der Waals surface area contributed by atoms with Gasteiger partial charge >= 0.3 is 7.82 Å². The highest BCUT2D eigenvalue weighted by Crippen LogP contribution is 2.55. The molecule has 8 nitrogen and oxygen atoms in total. The fourth-order valence-electron chi connectivity index (χ4n) is 1.76. The van der Waals surface area contributed by atoms with Crippen LogP contribution in [0.1, 0.15) is 0 Å². The first kappa shape index (κ1) is 11.4. The molecule has 0 spiro atoms. The monoisotopic (exact) mass is 242 g/mol. The fourth-order valence-corrected chi connectivity index (χ4v) is 2.91. The van der Waals surface area contributed by atoms with E-state index in [4.69, 9.17) is 4.89 Å². The summed E-state index contributed by atoms with van der Waals surface area (Å²) in [6.07, 6.45) is -9.12. The molecule has 0 aromatic rings. The lowest BCUT2D eigenvalue weighted by molar-refractivity contribution is -0.192. The standard InChI is InChI=1S/C6H11O8P/c7-1-2(8)4(10)6-5(3(1)9)13-15(11,12)14-6/h1-10H,(H,11,12)/t1-,2-,3+,4+,5-,6+/m0/s1. The second-order valence-corrected chi connectivity index (χ2v) is 4.93. The maximum Gasteiger partial charge on any atom is 0.473 e. The van der Waals surface area contributed by atoms with Crippen LogP contribution in [0.2, 0.25) is 0 Å². The minimum absolute atomic E-state index is 1.32. The molecule has 9 heteroatoms. The Hall–Kier alpha value is -0.0500. The van der Waals surface area contributed by atoms with Gasteiger partial charge in [0.05, 0.1) is 0 Å². The molecule has 15 heavy (non-hydrogen) atoms. The van der Waals surface area contributed by atoms with Gasteiger partial charge in [0, 0.05) is 0 Å². The van der Waals surface area contributed by atoms with Gasteiger partial charge in [-0.3, -0.25) is 9.05 Å². The molecule has 0 bridgehead atoms. The molecule has 1 aliphatic carbocycles. The van der Waals surface area contributed by atoms with Crippen molar-refractivity contribution in [2.24, 2.45) is 0 Å². The Morgan fingerprint density at radius 3 is 1.47 bits per heavy atom. The van der Waals surface area contributed by atoms with E-state index in [1.165, 1.54) is 0 Å². The minimum atomic E-state index is -4.32. The highest BCUT2D eigenvalue weighted by atomic mass is 31.2.